The summed E-state index contributed by atoms with van der Waals surface area (Å²) >= 11 is 0. The summed E-state index contributed by atoms with van der Waals surface area (Å²) in [4.78, 5) is 42.6. The van der Waals surface area contributed by atoms with E-state index in [0.29, 0.717) is 42.0 Å². The van der Waals surface area contributed by atoms with Gasteiger partial charge in [-0.3, -0.25) is 14.4 Å². The Morgan fingerprint density at radius 1 is 0.887 bits per heavy atom. The fraction of sp³-hybridized carbons (Fsp3) is 0.450. The van der Waals surface area contributed by atoms with Gasteiger partial charge in [-0.1, -0.05) is 30.3 Å². The number of benzene rings is 3. The molecule has 6 rings (SSSR count). The Balaban J connectivity index is 0.00000541. The van der Waals surface area contributed by atoms with E-state index >= 15 is 0 Å². The lowest BCUT2D eigenvalue weighted by Crippen LogP contribution is -2.48. The van der Waals surface area contributed by atoms with Crippen LogP contribution in [-0.2, 0) is 16.0 Å². The van der Waals surface area contributed by atoms with Crippen LogP contribution in [0.25, 0.3) is 22.5 Å². The molecule has 13 heteroatoms. The van der Waals surface area contributed by atoms with Gasteiger partial charge in [0.2, 0.25) is 17.6 Å². The van der Waals surface area contributed by atoms with Gasteiger partial charge in [-0.15, -0.1) is 22.6 Å². The molecule has 0 aliphatic heterocycles. The average molecular weight is 742 g/mol. The van der Waals surface area contributed by atoms with Gasteiger partial charge in [-0.25, -0.2) is 0 Å². The first-order valence-electron chi connectivity index (χ1n) is 18.5. The highest BCUT2D eigenvalue weighted by molar-refractivity contribution is 5.98. The molecule has 1 atom stereocenters. The number of anilines is 1. The fourth-order valence-electron chi connectivity index (χ4n) is 7.57. The number of nitrogens with zero attached hydrogens (tertiary/aromatic N) is 4. The zero-order chi connectivity index (χ0) is 36.6. The van der Waals surface area contributed by atoms with Crippen molar-refractivity contribution in [3.63, 3.8) is 0 Å². The highest BCUT2D eigenvalue weighted by Crippen LogP contribution is 2.29. The van der Waals surface area contributed by atoms with E-state index in [4.69, 9.17) is 5.73 Å². The zero-order valence-electron chi connectivity index (χ0n) is 30.8. The van der Waals surface area contributed by atoms with Crippen molar-refractivity contribution in [2.75, 3.05) is 26.0 Å². The molecule has 3 amide bonds. The second-order valence-electron chi connectivity index (χ2n) is 14.7. The van der Waals surface area contributed by atoms with E-state index in [-0.39, 0.29) is 42.1 Å². The van der Waals surface area contributed by atoms with Crippen LogP contribution in [0.2, 0.25) is 0 Å². The molecular formula is C40H52ClN9O3. The summed E-state index contributed by atoms with van der Waals surface area (Å²) in [6.45, 7) is 2.66. The highest BCUT2D eigenvalue weighted by Gasteiger charge is 2.30. The number of carbonyl (C=O) groups excluding carboxylic acids is 3. The van der Waals surface area contributed by atoms with E-state index < -0.39 is 6.04 Å². The Hall–Kier alpha value is -4.65. The predicted octanol–water partition coefficient (Wildman–Crippen LogP) is 5.30. The number of aromatic nitrogens is 4. The lowest BCUT2D eigenvalue weighted by molar-refractivity contribution is -0.130. The van der Waals surface area contributed by atoms with Gasteiger partial charge in [-0.2, -0.15) is 5.21 Å². The maximum absolute atomic E-state index is 13.7. The van der Waals surface area contributed by atoms with Gasteiger partial charge < -0.3 is 26.6 Å². The van der Waals surface area contributed by atoms with Gasteiger partial charge in [0.15, 0.2) is 0 Å². The first kappa shape index (κ1) is 39.6. The molecule has 0 saturated heterocycles. The van der Waals surface area contributed by atoms with Gasteiger partial charge >= 0.3 is 0 Å². The van der Waals surface area contributed by atoms with Gasteiger partial charge in [0, 0.05) is 41.2 Å². The summed E-state index contributed by atoms with van der Waals surface area (Å²) in [6.07, 6.45) is 7.88. The molecule has 1 aromatic heterocycles. The van der Waals surface area contributed by atoms with E-state index in [1.54, 1.807) is 24.3 Å². The minimum Gasteiger partial charge on any atom is -0.349 e. The normalized spacial score (nSPS) is 20.5. The number of halogens is 1. The van der Waals surface area contributed by atoms with Crippen molar-refractivity contribution in [2.24, 2.45) is 17.6 Å². The Kier molecular flexibility index (Phi) is 13.7. The van der Waals surface area contributed by atoms with E-state index in [2.05, 4.69) is 55.6 Å². The second kappa shape index (κ2) is 18.4. The van der Waals surface area contributed by atoms with Crippen LogP contribution in [0.15, 0.2) is 66.7 Å². The van der Waals surface area contributed by atoms with Crippen molar-refractivity contribution in [1.82, 2.24) is 36.2 Å². The second-order valence-corrected chi connectivity index (χ2v) is 14.7. The van der Waals surface area contributed by atoms with Gasteiger partial charge in [0.1, 0.15) is 6.04 Å². The lowest BCUT2D eigenvalue weighted by Gasteiger charge is -2.33. The number of aromatic amines is 1. The van der Waals surface area contributed by atoms with Crippen molar-refractivity contribution < 1.29 is 14.4 Å². The third kappa shape index (κ3) is 10.3. The number of carbonyl (C=O) groups is 3. The SMILES string of the molecule is Cc1cc(C(=O)NC2CCC(N(C)C)CC2)ccc1-c1ccc(C[C@H](NC(=O)C2CCC(CN)CC2)C(=O)Nc2ccc(-c3nn[nH]n3)cc2)cc1.Cl. The lowest BCUT2D eigenvalue weighted by atomic mass is 9.81. The van der Waals surface area contributed by atoms with Crippen LogP contribution in [0.4, 0.5) is 5.69 Å². The molecule has 12 nitrogen and oxygen atoms in total. The van der Waals surface area contributed by atoms with E-state index in [9.17, 15) is 14.4 Å². The summed E-state index contributed by atoms with van der Waals surface area (Å²) < 4.78 is 0. The molecule has 282 valence electrons. The molecule has 2 saturated carbocycles. The summed E-state index contributed by atoms with van der Waals surface area (Å²) in [7, 11) is 4.24. The number of hydrogen-bond donors (Lipinski definition) is 5. The van der Waals surface area contributed by atoms with Crippen LogP contribution in [0.1, 0.15) is 72.9 Å². The van der Waals surface area contributed by atoms with Crippen molar-refractivity contribution >= 4 is 35.8 Å². The minimum atomic E-state index is -0.778. The van der Waals surface area contributed by atoms with Gasteiger partial charge in [0.05, 0.1) is 0 Å². The van der Waals surface area contributed by atoms with Crippen LogP contribution in [-0.4, -0.2) is 82.0 Å². The monoisotopic (exact) mass is 741 g/mol. The van der Waals surface area contributed by atoms with Crippen molar-refractivity contribution in [3.8, 4) is 22.5 Å². The fourth-order valence-corrected chi connectivity index (χ4v) is 7.57. The Morgan fingerprint density at radius 2 is 1.57 bits per heavy atom. The summed E-state index contributed by atoms with van der Waals surface area (Å²) in [6, 6.07) is 21.1. The smallest absolute Gasteiger partial charge is 0.251 e. The number of hydrogen-bond acceptors (Lipinski definition) is 8. The first-order valence-corrected chi connectivity index (χ1v) is 18.5. The minimum absolute atomic E-state index is 0. The van der Waals surface area contributed by atoms with Crippen LogP contribution in [0.3, 0.4) is 0 Å². The highest BCUT2D eigenvalue weighted by atomic mass is 35.5. The summed E-state index contributed by atoms with van der Waals surface area (Å²) in [5.74, 6) is 0.352. The van der Waals surface area contributed by atoms with Gasteiger partial charge in [-0.05, 0) is 149 Å². The maximum Gasteiger partial charge on any atom is 0.251 e. The van der Waals surface area contributed by atoms with Crippen molar-refractivity contribution in [2.45, 2.75) is 82.8 Å². The number of amides is 3. The number of H-pyrrole nitrogens is 1. The molecule has 3 aromatic carbocycles. The third-order valence-corrected chi connectivity index (χ3v) is 10.9. The number of rotatable bonds is 12. The standard InChI is InChI=1S/C40H51N9O3.ClH/c1-25-22-31(39(51)42-33-17-19-34(20-18-33)49(2)3)14-21-35(25)28-8-4-26(5-9-28)23-36(44-38(50)30-10-6-27(24-41)7-11-30)40(52)43-32-15-12-29(13-16-32)37-45-47-48-46-37;/h4-5,8-9,12-16,21-22,27,30,33-34,36H,6-7,10-11,17-20,23-24,41H2,1-3H3,(H,42,51)(H,43,52)(H,44,50)(H,45,46,47,48);1H/t27?,30?,33?,34?,36-;/m0./s1. The molecular weight excluding hydrogens is 690 g/mol. The quantitative estimate of drug-likeness (QED) is 0.130. The van der Waals surface area contributed by atoms with E-state index in [1.165, 1.54) is 0 Å². The molecule has 0 bridgehead atoms. The Labute approximate surface area is 317 Å². The zero-order valence-corrected chi connectivity index (χ0v) is 31.6. The Morgan fingerprint density at radius 3 is 2.17 bits per heavy atom. The number of aryl methyl sites for hydroxylation is 1. The predicted molar refractivity (Wildman–Crippen MR) is 209 cm³/mol. The largest absolute Gasteiger partial charge is 0.349 e. The summed E-state index contributed by atoms with van der Waals surface area (Å²) in [5.41, 5.74) is 11.9. The van der Waals surface area contributed by atoms with Crippen LogP contribution >= 0.6 is 12.4 Å². The average Bonchev–Trinajstić information content (AvgIpc) is 3.71. The molecule has 53 heavy (non-hydrogen) atoms. The molecule has 2 fully saturated rings. The molecule has 1 heterocycles. The van der Waals surface area contributed by atoms with Crippen LogP contribution in [0.5, 0.6) is 0 Å². The van der Waals surface area contributed by atoms with E-state index in [1.807, 2.05) is 49.4 Å². The molecule has 0 spiro atoms. The molecule has 0 radical (unpaired) electrons. The topological polar surface area (TPSA) is 171 Å². The third-order valence-electron chi connectivity index (χ3n) is 10.9. The number of nitrogens with two attached hydrogens (primary N) is 1. The molecule has 6 N–H and O–H groups in total. The van der Waals surface area contributed by atoms with Gasteiger partial charge in [0.25, 0.3) is 5.91 Å². The number of nitrogens with one attached hydrogen (secondary N) is 4. The molecule has 4 aromatic rings. The van der Waals surface area contributed by atoms with Crippen molar-refractivity contribution in [3.05, 3.63) is 83.4 Å². The Bertz CT molecular complexity index is 1800. The van der Waals surface area contributed by atoms with Crippen LogP contribution < -0.4 is 21.7 Å². The summed E-state index contributed by atoms with van der Waals surface area (Å²) in [5, 5.41) is 23.3. The van der Waals surface area contributed by atoms with Crippen LogP contribution in [0, 0.1) is 18.8 Å². The van der Waals surface area contributed by atoms with Crippen molar-refractivity contribution in [1.29, 1.82) is 0 Å². The maximum atomic E-state index is 13.7. The molecule has 2 aliphatic rings. The first-order chi connectivity index (χ1) is 25.2. The van der Waals surface area contributed by atoms with E-state index in [0.717, 1.165) is 79.2 Å². The molecule has 0 unspecified atom stereocenters. The number of tetrazole rings is 1. The molecule has 2 aliphatic carbocycles.